The van der Waals surface area contributed by atoms with Crippen molar-refractivity contribution in [3.05, 3.63) is 67.4 Å². The van der Waals surface area contributed by atoms with Crippen LogP contribution in [0.4, 0.5) is 10.0 Å². The molecule has 3 aromatic rings. The lowest BCUT2D eigenvalue weighted by Gasteiger charge is -2.10. The second-order valence-corrected chi connectivity index (χ2v) is 10.7. The maximum atomic E-state index is 13.2. The zero-order valence-electron chi connectivity index (χ0n) is 18.5. The third-order valence-corrected chi connectivity index (χ3v) is 8.85. The van der Waals surface area contributed by atoms with Crippen LogP contribution in [0.3, 0.4) is 0 Å². The molecule has 0 saturated heterocycles. The van der Waals surface area contributed by atoms with Gasteiger partial charge in [0.05, 0.1) is 22.3 Å². The molecule has 0 aliphatic heterocycles. The number of carbonyl (C=O) groups is 2. The van der Waals surface area contributed by atoms with E-state index in [9.17, 15) is 20.1 Å². The lowest BCUT2D eigenvalue weighted by atomic mass is 9.96. The van der Waals surface area contributed by atoms with Gasteiger partial charge in [-0.2, -0.15) is 10.5 Å². The van der Waals surface area contributed by atoms with Gasteiger partial charge in [0.1, 0.15) is 22.1 Å². The molecule has 0 bridgehead atoms. The molecule has 0 radical (unpaired) electrons. The fraction of sp³-hybridized carbons (Fsp3) is 0.308. The minimum atomic E-state index is -0.424. The lowest BCUT2D eigenvalue weighted by Crippen LogP contribution is -2.20. The molecule has 2 aromatic heterocycles. The monoisotopic (exact) mass is 486 g/mol. The van der Waals surface area contributed by atoms with Crippen LogP contribution in [-0.2, 0) is 25.7 Å². The van der Waals surface area contributed by atoms with Gasteiger partial charge < -0.3 is 10.6 Å². The Kier molecular flexibility index (Phi) is 6.19. The molecule has 8 heteroatoms. The van der Waals surface area contributed by atoms with Gasteiger partial charge >= 0.3 is 0 Å². The maximum Gasteiger partial charge on any atom is 0.257 e. The molecule has 2 N–H and O–H groups in total. The average Bonchev–Trinajstić information content (AvgIpc) is 3.40. The van der Waals surface area contributed by atoms with E-state index in [1.54, 1.807) is 24.3 Å². The highest BCUT2D eigenvalue weighted by atomic mass is 32.1. The van der Waals surface area contributed by atoms with Gasteiger partial charge in [0, 0.05) is 9.75 Å². The first kappa shape index (κ1) is 22.3. The quantitative estimate of drug-likeness (QED) is 0.485. The van der Waals surface area contributed by atoms with Crippen LogP contribution < -0.4 is 10.6 Å². The highest BCUT2D eigenvalue weighted by Crippen LogP contribution is 2.39. The number of benzene rings is 1. The molecule has 0 fully saturated rings. The van der Waals surface area contributed by atoms with E-state index in [0.717, 1.165) is 72.2 Å². The van der Waals surface area contributed by atoms with Crippen LogP contribution in [0, 0.1) is 22.7 Å². The van der Waals surface area contributed by atoms with Gasteiger partial charge in [-0.25, -0.2) is 0 Å². The lowest BCUT2D eigenvalue weighted by molar-refractivity contribution is 0.0991. The zero-order chi connectivity index (χ0) is 23.7. The van der Waals surface area contributed by atoms with Crippen molar-refractivity contribution in [2.75, 3.05) is 10.6 Å². The molecule has 1 aromatic carbocycles. The number of amides is 2. The summed E-state index contributed by atoms with van der Waals surface area (Å²) in [7, 11) is 0. The van der Waals surface area contributed by atoms with Crippen LogP contribution in [0.1, 0.15) is 78.4 Å². The van der Waals surface area contributed by atoms with Gasteiger partial charge in [0.15, 0.2) is 0 Å². The van der Waals surface area contributed by atoms with Gasteiger partial charge in [-0.15, -0.1) is 22.7 Å². The zero-order valence-corrected chi connectivity index (χ0v) is 20.1. The summed E-state index contributed by atoms with van der Waals surface area (Å²) < 4.78 is 0. The number of nitrogens with zero attached hydrogens (tertiary/aromatic N) is 2. The topological polar surface area (TPSA) is 106 Å². The average molecular weight is 487 g/mol. The highest BCUT2D eigenvalue weighted by Gasteiger charge is 2.26. The van der Waals surface area contributed by atoms with Crippen molar-refractivity contribution >= 4 is 44.5 Å². The number of nitrogens with one attached hydrogen (secondary N) is 2. The van der Waals surface area contributed by atoms with Crippen molar-refractivity contribution in [2.45, 2.75) is 51.4 Å². The number of thiophene rings is 2. The smallest absolute Gasteiger partial charge is 0.257 e. The predicted molar refractivity (Wildman–Crippen MR) is 134 cm³/mol. The summed E-state index contributed by atoms with van der Waals surface area (Å²) in [6.07, 6.45) is 7.84. The summed E-state index contributed by atoms with van der Waals surface area (Å²) >= 11 is 2.91. The van der Waals surface area contributed by atoms with Crippen molar-refractivity contribution in [1.29, 1.82) is 10.5 Å². The van der Waals surface area contributed by atoms with Crippen molar-refractivity contribution < 1.29 is 9.59 Å². The Balaban J connectivity index is 1.41. The van der Waals surface area contributed by atoms with E-state index in [1.165, 1.54) is 22.7 Å². The molecule has 0 unspecified atom stereocenters. The number of hydrogen-bond acceptors (Lipinski definition) is 6. The highest BCUT2D eigenvalue weighted by molar-refractivity contribution is 7.17. The summed E-state index contributed by atoms with van der Waals surface area (Å²) in [6.45, 7) is 0. The Hall–Kier alpha value is -3.46. The van der Waals surface area contributed by atoms with Gasteiger partial charge in [-0.05, 0) is 74.6 Å². The Morgan fingerprint density at radius 2 is 1.12 bits per heavy atom. The summed E-state index contributed by atoms with van der Waals surface area (Å²) in [6, 6.07) is 11.1. The summed E-state index contributed by atoms with van der Waals surface area (Å²) in [5.74, 6) is -0.848. The van der Waals surface area contributed by atoms with Crippen molar-refractivity contribution in [3.8, 4) is 12.1 Å². The number of anilines is 2. The molecule has 2 heterocycles. The normalized spacial score (nSPS) is 14.3. The first-order valence-corrected chi connectivity index (χ1v) is 13.0. The molecule has 2 aliphatic rings. The van der Waals surface area contributed by atoms with Crippen LogP contribution in [0.25, 0.3) is 0 Å². The molecular weight excluding hydrogens is 464 g/mol. The standard InChI is InChI=1S/C26H22N4O2S2/c27-13-19-15-7-3-5-11-21(15)33-25(19)29-23(31)17-9-1-2-10-18(17)24(32)30-26-20(14-28)16-8-4-6-12-22(16)34-26/h1-2,9-10H,3-8,11-12H2,(H,29,31)(H,30,32). The minimum absolute atomic E-state index is 0.232. The van der Waals surface area contributed by atoms with Gasteiger partial charge in [0.25, 0.3) is 11.8 Å². The SMILES string of the molecule is N#Cc1c(NC(=O)c2ccccc2C(=O)Nc2sc3c(c2C#N)CCCC3)sc2c1CCCC2. The summed E-state index contributed by atoms with van der Waals surface area (Å²) in [5, 5.41) is 26.2. The van der Waals surface area contributed by atoms with Gasteiger partial charge in [-0.1, -0.05) is 12.1 Å². The van der Waals surface area contributed by atoms with E-state index in [0.29, 0.717) is 21.1 Å². The minimum Gasteiger partial charge on any atom is -0.312 e. The Bertz CT molecular complexity index is 1280. The third kappa shape index (κ3) is 4.00. The van der Waals surface area contributed by atoms with Crippen LogP contribution in [0.2, 0.25) is 0 Å². The van der Waals surface area contributed by atoms with Crippen molar-refractivity contribution in [2.24, 2.45) is 0 Å². The van der Waals surface area contributed by atoms with Crippen LogP contribution in [-0.4, -0.2) is 11.8 Å². The van der Waals surface area contributed by atoms with E-state index >= 15 is 0 Å². The van der Waals surface area contributed by atoms with Crippen molar-refractivity contribution in [3.63, 3.8) is 0 Å². The molecule has 170 valence electrons. The molecule has 2 amide bonds. The molecule has 0 saturated carbocycles. The first-order valence-electron chi connectivity index (χ1n) is 11.4. The number of hydrogen-bond donors (Lipinski definition) is 2. The summed E-state index contributed by atoms with van der Waals surface area (Å²) in [5.41, 5.74) is 3.64. The largest absolute Gasteiger partial charge is 0.312 e. The molecule has 2 aliphatic carbocycles. The van der Waals surface area contributed by atoms with Gasteiger partial charge in [0.2, 0.25) is 0 Å². The number of rotatable bonds is 4. The Labute approximate surface area is 205 Å². The number of carbonyl (C=O) groups excluding carboxylic acids is 2. The van der Waals surface area contributed by atoms with Crippen molar-refractivity contribution in [1.82, 2.24) is 0 Å². The van der Waals surface area contributed by atoms with E-state index in [2.05, 4.69) is 22.8 Å². The van der Waals surface area contributed by atoms with E-state index < -0.39 is 11.8 Å². The second kappa shape index (κ2) is 9.42. The molecule has 0 atom stereocenters. The molecule has 34 heavy (non-hydrogen) atoms. The molecular formula is C26H22N4O2S2. The van der Waals surface area contributed by atoms with Crippen LogP contribution >= 0.6 is 22.7 Å². The fourth-order valence-electron chi connectivity index (χ4n) is 4.76. The Morgan fingerprint density at radius 3 is 1.53 bits per heavy atom. The summed E-state index contributed by atoms with van der Waals surface area (Å²) in [4.78, 5) is 28.7. The van der Waals surface area contributed by atoms with Crippen LogP contribution in [0.5, 0.6) is 0 Å². The third-order valence-electron chi connectivity index (χ3n) is 6.44. The number of aryl methyl sites for hydroxylation is 2. The molecule has 5 rings (SSSR count). The van der Waals surface area contributed by atoms with E-state index in [-0.39, 0.29) is 11.1 Å². The maximum absolute atomic E-state index is 13.2. The molecule has 0 spiro atoms. The van der Waals surface area contributed by atoms with Gasteiger partial charge in [-0.3, -0.25) is 9.59 Å². The fourth-order valence-corrected chi connectivity index (χ4v) is 7.23. The first-order chi connectivity index (χ1) is 16.6. The number of fused-ring (bicyclic) bond motifs is 2. The predicted octanol–water partition coefficient (Wildman–Crippen LogP) is 5.82. The second-order valence-electron chi connectivity index (χ2n) is 8.51. The van der Waals surface area contributed by atoms with E-state index in [1.807, 2.05) is 0 Å². The Morgan fingerprint density at radius 1 is 0.706 bits per heavy atom. The molecule has 6 nitrogen and oxygen atoms in total. The number of nitriles is 2. The van der Waals surface area contributed by atoms with Crippen LogP contribution in [0.15, 0.2) is 24.3 Å². The van der Waals surface area contributed by atoms with E-state index in [4.69, 9.17) is 0 Å².